The molecule has 0 saturated heterocycles. The number of nitrogens with zero attached hydrogens (tertiary/aromatic N) is 1. The van der Waals surface area contributed by atoms with Crippen LogP contribution in [0.15, 0.2) is 18.2 Å². The van der Waals surface area contributed by atoms with Crippen molar-refractivity contribution in [2.75, 3.05) is 20.2 Å². The lowest BCUT2D eigenvalue weighted by atomic mass is 10.1. The first-order valence-corrected chi connectivity index (χ1v) is 6.88. The van der Waals surface area contributed by atoms with Crippen LogP contribution in [0, 0.1) is 11.8 Å². The molecule has 0 aliphatic heterocycles. The van der Waals surface area contributed by atoms with Crippen molar-refractivity contribution in [2.24, 2.45) is 5.73 Å². The molecular formula is C16H22N2O. The molecule has 1 aromatic rings. The van der Waals surface area contributed by atoms with Gasteiger partial charge >= 0.3 is 0 Å². The molecule has 0 aromatic heterocycles. The highest BCUT2D eigenvalue weighted by atomic mass is 16.5. The summed E-state index contributed by atoms with van der Waals surface area (Å²) in [6, 6.07) is 7.02. The van der Waals surface area contributed by atoms with E-state index in [1.807, 2.05) is 6.07 Å². The smallest absolute Gasteiger partial charge is 0.134 e. The fraction of sp³-hybridized carbons (Fsp3) is 0.500. The van der Waals surface area contributed by atoms with Crippen molar-refractivity contribution in [3.05, 3.63) is 29.3 Å². The molecule has 1 aliphatic rings. The molecule has 2 rings (SSSR count). The lowest BCUT2D eigenvalue weighted by Crippen LogP contribution is -2.25. The Morgan fingerprint density at radius 2 is 2.21 bits per heavy atom. The second-order valence-electron chi connectivity index (χ2n) is 4.83. The standard InChI is InChI=1S/C16H22N2O/c1-3-18(15-7-8-15)12-13-6-9-16(19-2)14(11-13)5-4-10-17/h6,9,11,15H,3,7-8,10,12,17H2,1-2H3. The van der Waals surface area contributed by atoms with Crippen LogP contribution in [0.25, 0.3) is 0 Å². The molecule has 0 bridgehead atoms. The fourth-order valence-corrected chi connectivity index (χ4v) is 2.27. The van der Waals surface area contributed by atoms with Crippen molar-refractivity contribution in [1.29, 1.82) is 0 Å². The Morgan fingerprint density at radius 1 is 1.42 bits per heavy atom. The van der Waals surface area contributed by atoms with Crippen LogP contribution in [0.3, 0.4) is 0 Å². The Morgan fingerprint density at radius 3 is 2.79 bits per heavy atom. The highest BCUT2D eigenvalue weighted by Gasteiger charge is 2.27. The third-order valence-electron chi connectivity index (χ3n) is 3.44. The predicted molar refractivity (Wildman–Crippen MR) is 78.0 cm³/mol. The zero-order valence-electron chi connectivity index (χ0n) is 11.8. The lowest BCUT2D eigenvalue weighted by Gasteiger charge is -2.20. The molecule has 3 heteroatoms. The van der Waals surface area contributed by atoms with Gasteiger partial charge in [0, 0.05) is 12.6 Å². The average molecular weight is 258 g/mol. The number of methoxy groups -OCH3 is 1. The zero-order valence-corrected chi connectivity index (χ0v) is 11.8. The Hall–Kier alpha value is -1.50. The van der Waals surface area contributed by atoms with Crippen LogP contribution in [-0.2, 0) is 6.54 Å². The van der Waals surface area contributed by atoms with Crippen LogP contribution in [0.5, 0.6) is 5.75 Å². The highest BCUT2D eigenvalue weighted by Crippen LogP contribution is 2.28. The molecule has 0 atom stereocenters. The van der Waals surface area contributed by atoms with Gasteiger partial charge in [0.2, 0.25) is 0 Å². The zero-order chi connectivity index (χ0) is 13.7. The molecule has 3 nitrogen and oxygen atoms in total. The maximum atomic E-state index is 5.43. The second-order valence-corrected chi connectivity index (χ2v) is 4.83. The van der Waals surface area contributed by atoms with Crippen LogP contribution >= 0.6 is 0 Å². The Balaban J connectivity index is 2.16. The molecule has 0 amide bonds. The van der Waals surface area contributed by atoms with Crippen molar-refractivity contribution >= 4 is 0 Å². The van der Waals surface area contributed by atoms with Gasteiger partial charge < -0.3 is 10.5 Å². The van der Waals surface area contributed by atoms with E-state index < -0.39 is 0 Å². The first-order chi connectivity index (χ1) is 9.28. The van der Waals surface area contributed by atoms with E-state index in [9.17, 15) is 0 Å². The summed E-state index contributed by atoms with van der Waals surface area (Å²) in [5, 5.41) is 0. The fourth-order valence-electron chi connectivity index (χ4n) is 2.27. The average Bonchev–Trinajstić information content (AvgIpc) is 3.27. The minimum atomic E-state index is 0.372. The summed E-state index contributed by atoms with van der Waals surface area (Å²) >= 11 is 0. The number of rotatable bonds is 5. The molecule has 1 aliphatic carbocycles. The minimum Gasteiger partial charge on any atom is -0.495 e. The van der Waals surface area contributed by atoms with Crippen molar-refractivity contribution in [2.45, 2.75) is 32.4 Å². The van der Waals surface area contributed by atoms with Crippen molar-refractivity contribution in [3.8, 4) is 17.6 Å². The minimum absolute atomic E-state index is 0.372. The van der Waals surface area contributed by atoms with Crippen LogP contribution in [0.4, 0.5) is 0 Å². The van der Waals surface area contributed by atoms with Gasteiger partial charge in [0.05, 0.1) is 19.2 Å². The van der Waals surface area contributed by atoms with E-state index in [-0.39, 0.29) is 0 Å². The first-order valence-electron chi connectivity index (χ1n) is 6.88. The predicted octanol–water partition coefficient (Wildman–Crippen LogP) is 1.99. The number of hydrogen-bond donors (Lipinski definition) is 1. The highest BCUT2D eigenvalue weighted by molar-refractivity contribution is 5.48. The van der Waals surface area contributed by atoms with Crippen LogP contribution < -0.4 is 10.5 Å². The summed E-state index contributed by atoms with van der Waals surface area (Å²) < 4.78 is 5.33. The lowest BCUT2D eigenvalue weighted by molar-refractivity contribution is 0.269. The quantitative estimate of drug-likeness (QED) is 0.821. The van der Waals surface area contributed by atoms with Crippen LogP contribution in [0.1, 0.15) is 30.9 Å². The molecule has 1 aromatic carbocycles. The molecule has 1 fully saturated rings. The normalized spacial score (nSPS) is 14.1. The van der Waals surface area contributed by atoms with E-state index in [4.69, 9.17) is 10.5 Å². The summed E-state index contributed by atoms with van der Waals surface area (Å²) in [5.41, 5.74) is 7.65. The van der Waals surface area contributed by atoms with Gasteiger partial charge in [-0.2, -0.15) is 0 Å². The van der Waals surface area contributed by atoms with Crippen LogP contribution in [0.2, 0.25) is 0 Å². The Kier molecular flexibility index (Phi) is 4.84. The molecule has 0 radical (unpaired) electrons. The van der Waals surface area contributed by atoms with E-state index in [1.54, 1.807) is 7.11 Å². The van der Waals surface area contributed by atoms with Gasteiger partial charge in [0.15, 0.2) is 0 Å². The van der Waals surface area contributed by atoms with E-state index in [1.165, 1.54) is 18.4 Å². The first kappa shape index (κ1) is 13.9. The van der Waals surface area contributed by atoms with Gasteiger partial charge in [-0.3, -0.25) is 4.90 Å². The summed E-state index contributed by atoms with van der Waals surface area (Å²) in [6.07, 6.45) is 2.67. The van der Waals surface area contributed by atoms with Gasteiger partial charge in [-0.15, -0.1) is 0 Å². The van der Waals surface area contributed by atoms with E-state index in [0.29, 0.717) is 6.54 Å². The summed E-state index contributed by atoms with van der Waals surface area (Å²) in [4.78, 5) is 2.52. The van der Waals surface area contributed by atoms with Crippen molar-refractivity contribution in [1.82, 2.24) is 4.90 Å². The number of nitrogens with two attached hydrogens (primary N) is 1. The SMILES string of the molecule is CCN(Cc1ccc(OC)c(C#CCN)c1)C1CC1. The third-order valence-corrected chi connectivity index (χ3v) is 3.44. The Bertz CT molecular complexity index is 483. The Labute approximate surface area is 115 Å². The van der Waals surface area contributed by atoms with E-state index in [0.717, 1.165) is 30.4 Å². The van der Waals surface area contributed by atoms with Crippen molar-refractivity contribution in [3.63, 3.8) is 0 Å². The summed E-state index contributed by atoms with van der Waals surface area (Å²) in [6.45, 7) is 4.68. The second kappa shape index (κ2) is 6.60. The number of benzene rings is 1. The number of hydrogen-bond acceptors (Lipinski definition) is 3. The van der Waals surface area contributed by atoms with Gasteiger partial charge in [-0.05, 0) is 37.1 Å². The number of ether oxygens (including phenoxy) is 1. The van der Waals surface area contributed by atoms with Gasteiger partial charge in [0.25, 0.3) is 0 Å². The topological polar surface area (TPSA) is 38.5 Å². The summed E-state index contributed by atoms with van der Waals surface area (Å²) in [5.74, 6) is 6.79. The van der Waals surface area contributed by atoms with Gasteiger partial charge in [0.1, 0.15) is 5.75 Å². The molecule has 0 unspecified atom stereocenters. The molecule has 1 saturated carbocycles. The van der Waals surface area contributed by atoms with E-state index >= 15 is 0 Å². The molecule has 19 heavy (non-hydrogen) atoms. The molecular weight excluding hydrogens is 236 g/mol. The maximum absolute atomic E-state index is 5.43. The van der Waals surface area contributed by atoms with Gasteiger partial charge in [-0.1, -0.05) is 24.8 Å². The van der Waals surface area contributed by atoms with Crippen molar-refractivity contribution < 1.29 is 4.74 Å². The van der Waals surface area contributed by atoms with Crippen LogP contribution in [-0.4, -0.2) is 31.1 Å². The largest absolute Gasteiger partial charge is 0.495 e. The molecule has 0 spiro atoms. The summed E-state index contributed by atoms with van der Waals surface area (Å²) in [7, 11) is 1.67. The third kappa shape index (κ3) is 3.73. The molecule has 102 valence electrons. The van der Waals surface area contributed by atoms with Gasteiger partial charge in [-0.25, -0.2) is 0 Å². The molecule has 0 heterocycles. The van der Waals surface area contributed by atoms with E-state index in [2.05, 4.69) is 35.8 Å². The molecule has 2 N–H and O–H groups in total. The maximum Gasteiger partial charge on any atom is 0.134 e. The monoisotopic (exact) mass is 258 g/mol.